The number of hydrogen-bond acceptors (Lipinski definition) is 4. The maximum absolute atomic E-state index is 13.6. The maximum atomic E-state index is 13.6. The Labute approximate surface area is 187 Å². The first kappa shape index (κ1) is 21.5. The van der Waals surface area contributed by atoms with E-state index in [9.17, 15) is 13.2 Å². The molecule has 2 aliphatic rings. The molecule has 1 aliphatic carbocycles. The number of carbonyl (C=O) groups is 1. The van der Waals surface area contributed by atoms with Crippen molar-refractivity contribution in [3.63, 3.8) is 0 Å². The molecule has 0 bridgehead atoms. The van der Waals surface area contributed by atoms with Gasteiger partial charge in [0, 0.05) is 31.2 Å². The van der Waals surface area contributed by atoms with Crippen LogP contribution in [0.15, 0.2) is 53.4 Å². The van der Waals surface area contributed by atoms with Crippen LogP contribution in [-0.4, -0.2) is 50.2 Å². The van der Waals surface area contributed by atoms with Crippen LogP contribution in [0.1, 0.15) is 25.7 Å². The van der Waals surface area contributed by atoms with Crippen molar-refractivity contribution in [3.05, 3.63) is 58.6 Å². The second-order valence-corrected chi connectivity index (χ2v) is 11.0. The second-order valence-electron chi connectivity index (χ2n) is 7.89. The number of halogens is 2. The van der Waals surface area contributed by atoms with Crippen molar-refractivity contribution < 1.29 is 13.2 Å². The standard InChI is InChI=1S/C22H24Cl2N2O3S/c23-17-7-9-18(10-8-17)30(28,29)22(11-3-4-12-22)21(27)26-15-13-25(14-16-26)20-6-2-1-5-19(20)24/h1-2,5-10H,3-4,11-16H2. The molecule has 1 amide bonds. The van der Waals surface area contributed by atoms with Gasteiger partial charge in [0.15, 0.2) is 14.6 Å². The Morgan fingerprint density at radius 3 is 2.07 bits per heavy atom. The van der Waals surface area contributed by atoms with E-state index >= 15 is 0 Å². The summed E-state index contributed by atoms with van der Waals surface area (Å²) < 4.78 is 25.7. The molecular weight excluding hydrogens is 443 g/mol. The van der Waals surface area contributed by atoms with Crippen LogP contribution in [0.5, 0.6) is 0 Å². The largest absolute Gasteiger partial charge is 0.367 e. The number of hydrogen-bond donors (Lipinski definition) is 0. The van der Waals surface area contributed by atoms with E-state index in [2.05, 4.69) is 4.90 Å². The van der Waals surface area contributed by atoms with Crippen molar-refractivity contribution in [1.29, 1.82) is 0 Å². The van der Waals surface area contributed by atoms with Crippen molar-refractivity contribution in [1.82, 2.24) is 4.90 Å². The van der Waals surface area contributed by atoms with Gasteiger partial charge in [0.2, 0.25) is 5.91 Å². The molecule has 1 aliphatic heterocycles. The van der Waals surface area contributed by atoms with E-state index in [1.165, 1.54) is 12.1 Å². The summed E-state index contributed by atoms with van der Waals surface area (Å²) in [7, 11) is -3.82. The van der Waals surface area contributed by atoms with E-state index in [0.29, 0.717) is 49.1 Å². The maximum Gasteiger partial charge on any atom is 0.244 e. The normalized spacial score (nSPS) is 19.1. The Hall–Kier alpha value is -1.76. The van der Waals surface area contributed by atoms with Crippen LogP contribution in [0, 0.1) is 0 Å². The van der Waals surface area contributed by atoms with Gasteiger partial charge in [-0.25, -0.2) is 8.42 Å². The Balaban J connectivity index is 1.56. The van der Waals surface area contributed by atoms with Gasteiger partial charge in [-0.2, -0.15) is 0 Å². The van der Waals surface area contributed by atoms with Gasteiger partial charge in [0.25, 0.3) is 0 Å². The molecule has 160 valence electrons. The van der Waals surface area contributed by atoms with E-state index in [1.807, 2.05) is 24.3 Å². The lowest BCUT2D eigenvalue weighted by Gasteiger charge is -2.40. The minimum absolute atomic E-state index is 0.164. The average Bonchev–Trinajstić information content (AvgIpc) is 3.26. The lowest BCUT2D eigenvalue weighted by molar-refractivity contribution is -0.134. The van der Waals surface area contributed by atoms with E-state index in [1.54, 1.807) is 17.0 Å². The van der Waals surface area contributed by atoms with Crippen LogP contribution in [0.3, 0.4) is 0 Å². The molecule has 5 nitrogen and oxygen atoms in total. The number of anilines is 1. The Morgan fingerprint density at radius 2 is 1.47 bits per heavy atom. The van der Waals surface area contributed by atoms with Crippen LogP contribution in [0.4, 0.5) is 5.69 Å². The topological polar surface area (TPSA) is 57.7 Å². The van der Waals surface area contributed by atoms with E-state index in [4.69, 9.17) is 23.2 Å². The molecule has 8 heteroatoms. The summed E-state index contributed by atoms with van der Waals surface area (Å²) in [6.07, 6.45) is 2.19. The van der Waals surface area contributed by atoms with Gasteiger partial charge >= 0.3 is 0 Å². The molecule has 0 unspecified atom stereocenters. The molecule has 1 heterocycles. The fourth-order valence-electron chi connectivity index (χ4n) is 4.53. The minimum Gasteiger partial charge on any atom is -0.367 e. The summed E-state index contributed by atoms with van der Waals surface area (Å²) in [6.45, 7) is 2.18. The third-order valence-electron chi connectivity index (χ3n) is 6.20. The number of amides is 1. The molecule has 4 rings (SSSR count). The number of carbonyl (C=O) groups excluding carboxylic acids is 1. The molecule has 0 N–H and O–H groups in total. The molecule has 2 aromatic carbocycles. The van der Waals surface area contributed by atoms with Gasteiger partial charge in [0.05, 0.1) is 15.6 Å². The first-order chi connectivity index (χ1) is 14.3. The van der Waals surface area contributed by atoms with Gasteiger partial charge in [0.1, 0.15) is 0 Å². The van der Waals surface area contributed by atoms with Crippen LogP contribution >= 0.6 is 23.2 Å². The predicted octanol–water partition coefficient (Wildman–Crippen LogP) is 4.43. The second kappa shape index (κ2) is 8.40. The highest BCUT2D eigenvalue weighted by atomic mass is 35.5. The Morgan fingerprint density at radius 1 is 0.867 bits per heavy atom. The Bertz CT molecular complexity index is 1030. The van der Waals surface area contributed by atoms with Gasteiger partial charge in [-0.3, -0.25) is 4.79 Å². The lowest BCUT2D eigenvalue weighted by atomic mass is 10.0. The summed E-state index contributed by atoms with van der Waals surface area (Å²) in [6, 6.07) is 13.8. The van der Waals surface area contributed by atoms with Crippen molar-refractivity contribution in [2.24, 2.45) is 0 Å². The monoisotopic (exact) mass is 466 g/mol. The number of piperazine rings is 1. The summed E-state index contributed by atoms with van der Waals surface area (Å²) in [4.78, 5) is 17.6. The molecule has 0 radical (unpaired) electrons. The molecule has 30 heavy (non-hydrogen) atoms. The van der Waals surface area contributed by atoms with Crippen molar-refractivity contribution in [2.45, 2.75) is 35.3 Å². The zero-order valence-corrected chi connectivity index (χ0v) is 18.9. The lowest BCUT2D eigenvalue weighted by Crippen LogP contribution is -2.57. The molecule has 0 spiro atoms. The fraction of sp³-hybridized carbons (Fsp3) is 0.409. The summed E-state index contributed by atoms with van der Waals surface area (Å²) >= 11 is 12.2. The Kier molecular flexibility index (Phi) is 6.02. The number of sulfone groups is 1. The highest BCUT2D eigenvalue weighted by molar-refractivity contribution is 7.93. The average molecular weight is 467 g/mol. The molecule has 1 saturated heterocycles. The third-order valence-corrected chi connectivity index (χ3v) is 9.28. The van der Waals surface area contributed by atoms with Gasteiger partial charge in [-0.05, 0) is 49.2 Å². The smallest absolute Gasteiger partial charge is 0.244 e. The van der Waals surface area contributed by atoms with E-state index in [-0.39, 0.29) is 10.8 Å². The molecule has 0 atom stereocenters. The van der Waals surface area contributed by atoms with E-state index < -0.39 is 14.6 Å². The minimum atomic E-state index is -3.82. The van der Waals surface area contributed by atoms with Crippen molar-refractivity contribution in [3.8, 4) is 0 Å². The van der Waals surface area contributed by atoms with Crippen LogP contribution in [0.2, 0.25) is 10.0 Å². The van der Waals surface area contributed by atoms with Gasteiger partial charge < -0.3 is 9.80 Å². The molecule has 1 saturated carbocycles. The number of para-hydroxylation sites is 1. The quantitative estimate of drug-likeness (QED) is 0.668. The molecule has 2 fully saturated rings. The predicted molar refractivity (Wildman–Crippen MR) is 120 cm³/mol. The van der Waals surface area contributed by atoms with Gasteiger partial charge in [-0.15, -0.1) is 0 Å². The van der Waals surface area contributed by atoms with Gasteiger partial charge in [-0.1, -0.05) is 48.2 Å². The van der Waals surface area contributed by atoms with Crippen LogP contribution in [0.25, 0.3) is 0 Å². The number of benzene rings is 2. The molecule has 2 aromatic rings. The summed E-state index contributed by atoms with van der Waals surface area (Å²) in [5, 5.41) is 1.14. The van der Waals surface area contributed by atoms with E-state index in [0.717, 1.165) is 18.5 Å². The SMILES string of the molecule is O=C(N1CCN(c2ccccc2Cl)CC1)C1(S(=O)(=O)c2ccc(Cl)cc2)CCCC1. The zero-order chi connectivity index (χ0) is 21.4. The summed E-state index contributed by atoms with van der Waals surface area (Å²) in [5.74, 6) is -0.270. The highest BCUT2D eigenvalue weighted by Gasteiger charge is 2.54. The first-order valence-corrected chi connectivity index (χ1v) is 12.4. The highest BCUT2D eigenvalue weighted by Crippen LogP contribution is 2.42. The number of nitrogens with zero attached hydrogens (tertiary/aromatic N) is 2. The van der Waals surface area contributed by atoms with Crippen LogP contribution < -0.4 is 4.90 Å². The van der Waals surface area contributed by atoms with Crippen LogP contribution in [-0.2, 0) is 14.6 Å². The van der Waals surface area contributed by atoms with Crippen molar-refractivity contribution in [2.75, 3.05) is 31.1 Å². The summed E-state index contributed by atoms with van der Waals surface area (Å²) in [5.41, 5.74) is 0.940. The number of rotatable bonds is 4. The molecular formula is C22H24Cl2N2O3S. The first-order valence-electron chi connectivity index (χ1n) is 10.1. The zero-order valence-electron chi connectivity index (χ0n) is 16.6. The van der Waals surface area contributed by atoms with Crippen molar-refractivity contribution >= 4 is 44.6 Å². The third kappa shape index (κ3) is 3.70. The molecule has 0 aromatic heterocycles. The fourth-order valence-corrected chi connectivity index (χ4v) is 7.04.